The Morgan fingerprint density at radius 3 is 1.34 bits per heavy atom. The monoisotopic (exact) mass is 650 g/mol. The zero-order valence-corrected chi connectivity index (χ0v) is 26.2. The molecule has 0 radical (unpaired) electrons. The second-order valence-corrected chi connectivity index (χ2v) is 12.9. The summed E-state index contributed by atoms with van der Waals surface area (Å²) in [5, 5.41) is 10.4. The van der Waals surface area contributed by atoms with E-state index in [0.29, 0.717) is 43.6 Å². The van der Waals surface area contributed by atoms with Crippen molar-refractivity contribution in [2.24, 2.45) is 11.8 Å². The summed E-state index contributed by atoms with van der Waals surface area (Å²) in [6, 6.07) is 41.8. The van der Waals surface area contributed by atoms with Crippen molar-refractivity contribution < 1.29 is 14.4 Å². The maximum absolute atomic E-state index is 15.9. The number of rotatable bonds is 5. The van der Waals surface area contributed by atoms with Crippen LogP contribution in [-0.2, 0) is 25.2 Å². The number of ketones is 1. The van der Waals surface area contributed by atoms with Gasteiger partial charge in [-0.25, -0.2) is 4.90 Å². The first-order valence-corrected chi connectivity index (χ1v) is 15.9. The van der Waals surface area contributed by atoms with Gasteiger partial charge in [0.1, 0.15) is 0 Å². The minimum absolute atomic E-state index is 0.233. The summed E-state index contributed by atoms with van der Waals surface area (Å²) in [5.41, 5.74) is 1.77. The largest absolute Gasteiger partial charge is 0.297 e. The molecule has 1 saturated heterocycles. The summed E-state index contributed by atoms with van der Waals surface area (Å²) in [4.78, 5) is 47.1. The van der Waals surface area contributed by atoms with Crippen molar-refractivity contribution in [3.05, 3.63) is 171 Å². The maximum atomic E-state index is 15.9. The van der Waals surface area contributed by atoms with Crippen LogP contribution in [0.15, 0.2) is 133 Å². The number of imide groups is 1. The first-order chi connectivity index (χ1) is 22.8. The molecule has 2 aliphatic carbocycles. The molecule has 1 saturated carbocycles. The molecule has 1 heterocycles. The second-order valence-electron chi connectivity index (χ2n) is 12.1. The van der Waals surface area contributed by atoms with Crippen LogP contribution >= 0.6 is 23.2 Å². The van der Waals surface area contributed by atoms with Crippen LogP contribution in [0.25, 0.3) is 11.1 Å². The molecule has 5 aromatic carbocycles. The number of anilines is 1. The van der Waals surface area contributed by atoms with Crippen LogP contribution in [0, 0.1) is 23.2 Å². The molecule has 2 fully saturated rings. The average Bonchev–Trinajstić information content (AvgIpc) is 3.61. The van der Waals surface area contributed by atoms with Gasteiger partial charge in [0, 0.05) is 10.0 Å². The van der Waals surface area contributed by atoms with Crippen molar-refractivity contribution in [3.8, 4) is 6.07 Å². The van der Waals surface area contributed by atoms with E-state index in [2.05, 4.69) is 6.07 Å². The first-order valence-electron chi connectivity index (χ1n) is 15.2. The quantitative estimate of drug-likeness (QED) is 0.180. The number of amides is 2. The van der Waals surface area contributed by atoms with Gasteiger partial charge in [0.15, 0.2) is 5.78 Å². The molecule has 226 valence electrons. The van der Waals surface area contributed by atoms with E-state index in [4.69, 9.17) is 23.2 Å². The third kappa shape index (κ3) is 3.80. The van der Waals surface area contributed by atoms with Crippen LogP contribution < -0.4 is 4.90 Å². The minimum atomic E-state index is -1.55. The molecule has 4 atom stereocenters. The van der Waals surface area contributed by atoms with Crippen molar-refractivity contribution in [3.63, 3.8) is 0 Å². The highest BCUT2D eigenvalue weighted by atomic mass is 35.5. The lowest BCUT2D eigenvalue weighted by Gasteiger charge is -2.39. The van der Waals surface area contributed by atoms with Gasteiger partial charge in [0.25, 0.3) is 0 Å². The molecule has 7 heteroatoms. The normalized spacial score (nSPS) is 24.5. The lowest BCUT2D eigenvalue weighted by molar-refractivity contribution is -0.130. The Labute approximate surface area is 281 Å². The van der Waals surface area contributed by atoms with Crippen LogP contribution in [0.4, 0.5) is 5.69 Å². The Bertz CT molecular complexity index is 2050. The van der Waals surface area contributed by atoms with Crippen LogP contribution in [0.3, 0.4) is 0 Å². The van der Waals surface area contributed by atoms with E-state index in [9.17, 15) is 14.9 Å². The molecule has 5 aromatic rings. The first kappa shape index (κ1) is 29.1. The molecule has 0 N–H and O–H groups in total. The lowest BCUT2D eigenvalue weighted by atomic mass is 9.59. The van der Waals surface area contributed by atoms with Crippen LogP contribution in [0.1, 0.15) is 27.8 Å². The SMILES string of the molecule is N#Cc1ccc(N2C(=O)[C@@H]3[C@H](C2=O)[C@]2(c4ccc(Cl)cc4)C(=O)[C@@]3(c3ccc(Cl)cc3)C(c3ccccc3)=C2c2ccccc2)cc1. The molecule has 0 spiro atoms. The third-order valence-corrected chi connectivity index (χ3v) is 10.5. The van der Waals surface area contributed by atoms with E-state index >= 15 is 4.79 Å². The van der Waals surface area contributed by atoms with Gasteiger partial charge < -0.3 is 0 Å². The highest BCUT2D eigenvalue weighted by Crippen LogP contribution is 2.74. The molecular formula is C40H24Cl2N2O3. The predicted octanol–water partition coefficient (Wildman–Crippen LogP) is 8.05. The van der Waals surface area contributed by atoms with E-state index in [1.807, 2.05) is 60.7 Å². The number of benzene rings is 5. The van der Waals surface area contributed by atoms with E-state index in [1.165, 1.54) is 4.90 Å². The Morgan fingerprint density at radius 2 is 0.957 bits per heavy atom. The van der Waals surface area contributed by atoms with Crippen molar-refractivity contribution in [2.75, 3.05) is 4.90 Å². The summed E-state index contributed by atoms with van der Waals surface area (Å²) in [6.45, 7) is 0. The number of nitriles is 1. The topological polar surface area (TPSA) is 78.2 Å². The van der Waals surface area contributed by atoms with Gasteiger partial charge in [-0.15, -0.1) is 0 Å². The van der Waals surface area contributed by atoms with Crippen molar-refractivity contribution in [1.82, 2.24) is 0 Å². The molecular weight excluding hydrogens is 627 g/mol. The third-order valence-electron chi connectivity index (χ3n) is 9.97. The zero-order valence-electron chi connectivity index (χ0n) is 24.7. The summed E-state index contributed by atoms with van der Waals surface area (Å²) >= 11 is 12.8. The van der Waals surface area contributed by atoms with Gasteiger partial charge in [-0.05, 0) is 81.9 Å². The number of carbonyl (C=O) groups is 3. The molecule has 0 unspecified atom stereocenters. The van der Waals surface area contributed by atoms with Gasteiger partial charge >= 0.3 is 0 Å². The Kier molecular flexibility index (Phi) is 6.59. The van der Waals surface area contributed by atoms with E-state index in [1.54, 1.807) is 72.8 Å². The Morgan fingerprint density at radius 1 is 0.553 bits per heavy atom. The predicted molar refractivity (Wildman–Crippen MR) is 182 cm³/mol. The fourth-order valence-electron chi connectivity index (χ4n) is 8.30. The molecule has 1 aliphatic heterocycles. The summed E-state index contributed by atoms with van der Waals surface area (Å²) in [7, 11) is 0. The number of hydrogen-bond acceptors (Lipinski definition) is 4. The number of allylic oxidation sites excluding steroid dienone is 2. The van der Waals surface area contributed by atoms with Gasteiger partial charge in [0.2, 0.25) is 11.8 Å². The van der Waals surface area contributed by atoms with Gasteiger partial charge in [-0.2, -0.15) is 5.26 Å². The summed E-state index contributed by atoms with van der Waals surface area (Å²) in [5.74, 6) is -3.31. The average molecular weight is 652 g/mol. The van der Waals surface area contributed by atoms with Gasteiger partial charge in [-0.3, -0.25) is 14.4 Å². The zero-order chi connectivity index (χ0) is 32.5. The van der Waals surface area contributed by atoms with Crippen molar-refractivity contribution in [2.45, 2.75) is 10.8 Å². The molecule has 8 rings (SSSR count). The molecule has 0 aromatic heterocycles. The molecule has 2 amide bonds. The van der Waals surface area contributed by atoms with E-state index < -0.39 is 34.5 Å². The maximum Gasteiger partial charge on any atom is 0.239 e. The highest BCUT2D eigenvalue weighted by Gasteiger charge is 2.82. The Balaban J connectivity index is 1.54. The fourth-order valence-corrected chi connectivity index (χ4v) is 8.55. The van der Waals surface area contributed by atoms with Crippen LogP contribution in [-0.4, -0.2) is 17.6 Å². The van der Waals surface area contributed by atoms with Crippen molar-refractivity contribution in [1.29, 1.82) is 5.26 Å². The van der Waals surface area contributed by atoms with Crippen LogP contribution in [0.2, 0.25) is 10.0 Å². The van der Waals surface area contributed by atoms with Crippen LogP contribution in [0.5, 0.6) is 0 Å². The van der Waals surface area contributed by atoms with Gasteiger partial charge in [-0.1, -0.05) is 108 Å². The number of nitrogens with zero attached hydrogens (tertiary/aromatic N) is 2. The lowest BCUT2D eigenvalue weighted by Crippen LogP contribution is -2.45. The number of fused-ring (bicyclic) bond motifs is 5. The standard InChI is InChI=1S/C40H24Cl2N2O3/c41-29-17-13-27(14-18-29)39-32(25-7-3-1-4-8-25)33(26-9-5-2-6-10-26)40(38(39)47,28-15-19-30(42)20-16-28)35-34(39)36(45)44(37(35)46)31-21-11-24(23-43)12-22-31/h1-22,34-35H/t34-,35+,39-,40+. The molecule has 3 aliphatic rings. The highest BCUT2D eigenvalue weighted by molar-refractivity contribution is 6.39. The minimum Gasteiger partial charge on any atom is -0.297 e. The Hall–Kier alpha value is -5.28. The number of halogens is 2. The fraction of sp³-hybridized carbons (Fsp3) is 0.100. The number of Topliss-reactive ketones (excluding diaryl/α,β-unsaturated/α-hetero) is 1. The van der Waals surface area contributed by atoms with Crippen molar-refractivity contribution >= 4 is 57.6 Å². The van der Waals surface area contributed by atoms with E-state index in [0.717, 1.165) is 11.1 Å². The second kappa shape index (κ2) is 10.6. The number of hydrogen-bond donors (Lipinski definition) is 0. The smallest absolute Gasteiger partial charge is 0.239 e. The molecule has 2 bridgehead atoms. The van der Waals surface area contributed by atoms with Gasteiger partial charge in [0.05, 0.1) is 40.0 Å². The molecule has 47 heavy (non-hydrogen) atoms. The number of carbonyl (C=O) groups excluding carboxylic acids is 3. The summed E-state index contributed by atoms with van der Waals surface area (Å²) in [6.07, 6.45) is 0. The summed E-state index contributed by atoms with van der Waals surface area (Å²) < 4.78 is 0. The van der Waals surface area contributed by atoms with E-state index in [-0.39, 0.29) is 5.78 Å². The molecule has 5 nitrogen and oxygen atoms in total.